The van der Waals surface area contributed by atoms with E-state index < -0.39 is 0 Å². The molecule has 0 saturated carbocycles. The lowest BCUT2D eigenvalue weighted by Gasteiger charge is -2.21. The molecule has 8 nitrogen and oxygen atoms in total. The molecule has 1 aliphatic rings. The fraction of sp³-hybridized carbons (Fsp3) is 0.611. The molecule has 0 bridgehead atoms. The van der Waals surface area contributed by atoms with Crippen molar-refractivity contribution in [3.8, 4) is 0 Å². The van der Waals surface area contributed by atoms with Crippen LogP contribution in [0.3, 0.4) is 0 Å². The van der Waals surface area contributed by atoms with Gasteiger partial charge in [-0.2, -0.15) is 5.10 Å². The number of nitrogens with zero attached hydrogens (tertiary/aromatic N) is 6. The Morgan fingerprint density at radius 1 is 1.15 bits per heavy atom. The van der Waals surface area contributed by atoms with Crippen molar-refractivity contribution in [2.24, 2.45) is 5.92 Å². The van der Waals surface area contributed by atoms with Crippen molar-refractivity contribution in [1.29, 1.82) is 0 Å². The van der Waals surface area contributed by atoms with E-state index in [1.807, 2.05) is 19.1 Å². The van der Waals surface area contributed by atoms with Crippen LogP contribution in [-0.4, -0.2) is 63.9 Å². The van der Waals surface area contributed by atoms with Crippen molar-refractivity contribution in [2.75, 3.05) is 42.9 Å². The third-order valence-electron chi connectivity index (χ3n) is 4.36. The number of amides is 1. The Morgan fingerprint density at radius 2 is 2.00 bits per heavy atom. The van der Waals surface area contributed by atoms with Gasteiger partial charge in [-0.3, -0.25) is 15.0 Å². The molecule has 1 N–H and O–H groups in total. The van der Waals surface area contributed by atoms with Gasteiger partial charge in [-0.05, 0) is 31.4 Å². The van der Waals surface area contributed by atoms with Crippen LogP contribution in [0.25, 0.3) is 0 Å². The molecule has 0 aromatic carbocycles. The SMILES string of the molecule is Cc1ccc(N2CCCN(CC(=O)Nc3nnc(CC(C)C)s3)CC2)nn1. The largest absolute Gasteiger partial charge is 0.354 e. The number of aryl methyl sites for hydroxylation is 1. The molecular formula is C18H27N7OS. The molecule has 3 heterocycles. The number of carbonyl (C=O) groups excluding carboxylic acids is 1. The topological polar surface area (TPSA) is 87.1 Å². The number of anilines is 2. The summed E-state index contributed by atoms with van der Waals surface area (Å²) in [5.41, 5.74) is 0.917. The molecule has 0 radical (unpaired) electrons. The van der Waals surface area contributed by atoms with E-state index in [0.29, 0.717) is 17.6 Å². The Labute approximate surface area is 164 Å². The summed E-state index contributed by atoms with van der Waals surface area (Å²) in [4.78, 5) is 16.8. The maximum atomic E-state index is 12.4. The second-order valence-electron chi connectivity index (χ2n) is 7.30. The Hall–Kier alpha value is -2.13. The summed E-state index contributed by atoms with van der Waals surface area (Å²) in [5.74, 6) is 1.39. The normalized spacial score (nSPS) is 15.8. The zero-order valence-electron chi connectivity index (χ0n) is 16.2. The van der Waals surface area contributed by atoms with Crippen LogP contribution in [0, 0.1) is 12.8 Å². The maximum absolute atomic E-state index is 12.4. The van der Waals surface area contributed by atoms with Gasteiger partial charge in [0.05, 0.1) is 12.2 Å². The van der Waals surface area contributed by atoms with Crippen molar-refractivity contribution in [3.05, 3.63) is 22.8 Å². The van der Waals surface area contributed by atoms with Gasteiger partial charge in [0.25, 0.3) is 0 Å². The van der Waals surface area contributed by atoms with Gasteiger partial charge >= 0.3 is 0 Å². The molecular weight excluding hydrogens is 362 g/mol. The van der Waals surface area contributed by atoms with Crippen LogP contribution >= 0.6 is 11.3 Å². The van der Waals surface area contributed by atoms with Crippen molar-refractivity contribution in [1.82, 2.24) is 25.3 Å². The Balaban J connectivity index is 1.48. The van der Waals surface area contributed by atoms with Gasteiger partial charge < -0.3 is 4.90 Å². The number of nitrogens with one attached hydrogen (secondary N) is 1. The van der Waals surface area contributed by atoms with Gasteiger partial charge in [-0.25, -0.2) is 0 Å². The minimum atomic E-state index is -0.0363. The lowest BCUT2D eigenvalue weighted by atomic mass is 10.1. The average Bonchev–Trinajstić information content (AvgIpc) is 2.90. The minimum absolute atomic E-state index is 0.0363. The molecule has 0 unspecified atom stereocenters. The van der Waals surface area contributed by atoms with Crippen LogP contribution < -0.4 is 10.2 Å². The third-order valence-corrected chi connectivity index (χ3v) is 5.22. The van der Waals surface area contributed by atoms with Crippen LogP contribution in [0.1, 0.15) is 31.0 Å². The highest BCUT2D eigenvalue weighted by atomic mass is 32.1. The van der Waals surface area contributed by atoms with E-state index >= 15 is 0 Å². The second kappa shape index (κ2) is 9.18. The monoisotopic (exact) mass is 389 g/mol. The van der Waals surface area contributed by atoms with Crippen molar-refractivity contribution >= 4 is 28.2 Å². The quantitative estimate of drug-likeness (QED) is 0.808. The molecule has 3 rings (SSSR count). The summed E-state index contributed by atoms with van der Waals surface area (Å²) in [7, 11) is 0. The standard InChI is InChI=1S/C18H27N7OS/c1-13(2)11-17-22-23-18(27-17)19-16(26)12-24-7-4-8-25(10-9-24)15-6-5-14(3)20-21-15/h5-6,13H,4,7-12H2,1-3H3,(H,19,23,26). The first kappa shape index (κ1) is 19.6. The summed E-state index contributed by atoms with van der Waals surface area (Å²) in [6.45, 7) is 10.0. The highest BCUT2D eigenvalue weighted by molar-refractivity contribution is 7.15. The van der Waals surface area contributed by atoms with Crippen molar-refractivity contribution in [2.45, 2.75) is 33.6 Å². The summed E-state index contributed by atoms with van der Waals surface area (Å²) in [6.07, 6.45) is 1.87. The Kier molecular flexibility index (Phi) is 6.68. The van der Waals surface area contributed by atoms with Crippen LogP contribution in [0.4, 0.5) is 10.9 Å². The molecule has 1 aliphatic heterocycles. The summed E-state index contributed by atoms with van der Waals surface area (Å²) in [6, 6.07) is 3.99. The average molecular weight is 390 g/mol. The summed E-state index contributed by atoms with van der Waals surface area (Å²) in [5, 5.41) is 21.1. The Morgan fingerprint density at radius 3 is 2.74 bits per heavy atom. The summed E-state index contributed by atoms with van der Waals surface area (Å²) < 4.78 is 0. The lowest BCUT2D eigenvalue weighted by Crippen LogP contribution is -2.36. The number of hydrogen-bond acceptors (Lipinski definition) is 8. The third kappa shape index (κ3) is 5.93. The van der Waals surface area contributed by atoms with Gasteiger partial charge in [0.1, 0.15) is 5.01 Å². The number of aromatic nitrogens is 4. The first-order chi connectivity index (χ1) is 13.0. The van der Waals surface area contributed by atoms with E-state index in [2.05, 4.69) is 49.4 Å². The van der Waals surface area contributed by atoms with E-state index in [4.69, 9.17) is 0 Å². The van der Waals surface area contributed by atoms with E-state index in [9.17, 15) is 4.79 Å². The van der Waals surface area contributed by atoms with Gasteiger partial charge in [0.15, 0.2) is 5.82 Å². The predicted octanol–water partition coefficient (Wildman–Crippen LogP) is 1.99. The predicted molar refractivity (Wildman–Crippen MR) is 107 cm³/mol. The fourth-order valence-electron chi connectivity index (χ4n) is 3.02. The maximum Gasteiger partial charge on any atom is 0.240 e. The van der Waals surface area contributed by atoms with E-state index in [0.717, 1.165) is 55.5 Å². The molecule has 2 aromatic rings. The van der Waals surface area contributed by atoms with Crippen molar-refractivity contribution < 1.29 is 4.79 Å². The van der Waals surface area contributed by atoms with Gasteiger partial charge in [-0.1, -0.05) is 25.2 Å². The first-order valence-electron chi connectivity index (χ1n) is 9.39. The van der Waals surface area contributed by atoms with Crippen LogP contribution in [-0.2, 0) is 11.2 Å². The van der Waals surface area contributed by atoms with E-state index in [1.54, 1.807) is 0 Å². The second-order valence-corrected chi connectivity index (χ2v) is 8.36. The van der Waals surface area contributed by atoms with E-state index in [-0.39, 0.29) is 5.91 Å². The van der Waals surface area contributed by atoms with Gasteiger partial charge in [0, 0.05) is 32.6 Å². The molecule has 1 amide bonds. The molecule has 1 saturated heterocycles. The number of carbonyl (C=O) groups is 1. The van der Waals surface area contributed by atoms with Gasteiger partial charge in [-0.15, -0.1) is 15.3 Å². The molecule has 9 heteroatoms. The zero-order valence-corrected chi connectivity index (χ0v) is 17.0. The number of hydrogen-bond donors (Lipinski definition) is 1. The van der Waals surface area contributed by atoms with Crippen LogP contribution in [0.15, 0.2) is 12.1 Å². The molecule has 2 aromatic heterocycles. The van der Waals surface area contributed by atoms with Crippen LogP contribution in [0.2, 0.25) is 0 Å². The molecule has 27 heavy (non-hydrogen) atoms. The molecule has 0 spiro atoms. The van der Waals surface area contributed by atoms with E-state index in [1.165, 1.54) is 11.3 Å². The summed E-state index contributed by atoms with van der Waals surface area (Å²) >= 11 is 1.46. The molecule has 0 atom stereocenters. The van der Waals surface area contributed by atoms with Crippen LogP contribution in [0.5, 0.6) is 0 Å². The molecule has 1 fully saturated rings. The minimum Gasteiger partial charge on any atom is -0.354 e. The lowest BCUT2D eigenvalue weighted by molar-refractivity contribution is -0.117. The number of rotatable bonds is 6. The highest BCUT2D eigenvalue weighted by Crippen LogP contribution is 2.18. The zero-order chi connectivity index (χ0) is 19.2. The first-order valence-corrected chi connectivity index (χ1v) is 10.2. The van der Waals surface area contributed by atoms with Crippen molar-refractivity contribution in [3.63, 3.8) is 0 Å². The highest BCUT2D eigenvalue weighted by Gasteiger charge is 2.19. The molecule has 146 valence electrons. The smallest absolute Gasteiger partial charge is 0.240 e. The molecule has 0 aliphatic carbocycles. The van der Waals surface area contributed by atoms with Gasteiger partial charge in [0.2, 0.25) is 11.0 Å². The fourth-order valence-corrected chi connectivity index (χ4v) is 3.98. The Bertz CT molecular complexity index is 746.